The van der Waals surface area contributed by atoms with Gasteiger partial charge in [0.1, 0.15) is 18.1 Å². The minimum atomic E-state index is -1.18. The lowest BCUT2D eigenvalue weighted by molar-refractivity contribution is -0.141. The average molecular weight is 402 g/mol. The Balaban J connectivity index is 4.93. The summed E-state index contributed by atoms with van der Waals surface area (Å²) >= 11 is 0. The highest BCUT2D eigenvalue weighted by molar-refractivity contribution is 5.93. The molecule has 0 aromatic heterocycles. The van der Waals surface area contributed by atoms with Crippen LogP contribution >= 0.6 is 0 Å². The number of nitrogens with one attached hydrogen (secondary N) is 3. The zero-order valence-corrected chi connectivity index (χ0v) is 17.2. The molecule has 0 saturated carbocycles. The minimum absolute atomic E-state index is 0.0393. The lowest BCUT2D eigenvalue weighted by Gasteiger charge is -2.24. The maximum Gasteiger partial charge on any atom is 0.325 e. The summed E-state index contributed by atoms with van der Waals surface area (Å²) in [5.74, 6) is -2.82. The Hall–Kier alpha value is -2.20. The normalized spacial score (nSPS) is 16.2. The zero-order chi connectivity index (χ0) is 21.9. The van der Waals surface area contributed by atoms with Gasteiger partial charge in [0.05, 0.1) is 6.04 Å². The lowest BCUT2D eigenvalue weighted by atomic mass is 9.99. The molecule has 10 nitrogen and oxygen atoms in total. The van der Waals surface area contributed by atoms with Crippen LogP contribution in [0.5, 0.6) is 0 Å². The molecule has 0 aliphatic rings. The van der Waals surface area contributed by atoms with Gasteiger partial charge in [-0.25, -0.2) is 0 Å². The molecule has 0 fully saturated rings. The van der Waals surface area contributed by atoms with Gasteiger partial charge >= 0.3 is 5.97 Å². The monoisotopic (exact) mass is 401 g/mol. The zero-order valence-electron chi connectivity index (χ0n) is 17.2. The first-order valence-electron chi connectivity index (χ1n) is 9.64. The van der Waals surface area contributed by atoms with Gasteiger partial charge in [0.15, 0.2) is 0 Å². The first kappa shape index (κ1) is 25.8. The summed E-state index contributed by atoms with van der Waals surface area (Å²) < 4.78 is 0. The van der Waals surface area contributed by atoms with E-state index in [1.54, 1.807) is 0 Å². The fraction of sp³-hybridized carbons (Fsp3) is 0.778. The van der Waals surface area contributed by atoms with Gasteiger partial charge in [-0.15, -0.1) is 0 Å². The highest BCUT2D eigenvalue weighted by Gasteiger charge is 2.28. The number of carbonyl (C=O) groups excluding carboxylic acids is 3. The molecule has 28 heavy (non-hydrogen) atoms. The van der Waals surface area contributed by atoms with Crippen LogP contribution in [0.3, 0.4) is 0 Å². The molecule has 3 amide bonds. The maximum absolute atomic E-state index is 12.4. The van der Waals surface area contributed by atoms with E-state index in [2.05, 4.69) is 16.0 Å². The van der Waals surface area contributed by atoms with Crippen LogP contribution in [-0.2, 0) is 19.2 Å². The van der Waals surface area contributed by atoms with Crippen LogP contribution in [0.1, 0.15) is 53.4 Å². The van der Waals surface area contributed by atoms with Crippen LogP contribution < -0.4 is 27.4 Å². The van der Waals surface area contributed by atoms with Crippen molar-refractivity contribution < 1.29 is 24.3 Å². The number of nitrogens with two attached hydrogens (primary N) is 2. The van der Waals surface area contributed by atoms with Gasteiger partial charge in [0.2, 0.25) is 17.7 Å². The summed E-state index contributed by atoms with van der Waals surface area (Å²) in [5, 5.41) is 16.4. The second kappa shape index (κ2) is 13.1. The molecule has 0 aliphatic heterocycles. The molecule has 0 aromatic carbocycles. The largest absolute Gasteiger partial charge is 0.480 e. The Morgan fingerprint density at radius 1 is 0.893 bits per heavy atom. The number of carbonyl (C=O) groups is 4. The summed E-state index contributed by atoms with van der Waals surface area (Å²) in [6.07, 6.45) is 2.26. The third-order valence-corrected chi connectivity index (χ3v) is 4.62. The molecule has 0 rings (SSSR count). The van der Waals surface area contributed by atoms with Crippen LogP contribution in [0.2, 0.25) is 0 Å². The Labute approximate surface area is 166 Å². The number of amides is 3. The van der Waals surface area contributed by atoms with Crippen molar-refractivity contribution in [2.75, 3.05) is 6.54 Å². The van der Waals surface area contributed by atoms with Crippen LogP contribution in [0.4, 0.5) is 0 Å². The number of carboxylic acids is 1. The molecule has 0 radical (unpaired) electrons. The van der Waals surface area contributed by atoms with Crippen LogP contribution in [0.15, 0.2) is 0 Å². The number of unbranched alkanes of at least 4 members (excludes halogenated alkanes) is 1. The van der Waals surface area contributed by atoms with Gasteiger partial charge in [-0.3, -0.25) is 19.2 Å². The van der Waals surface area contributed by atoms with Crippen molar-refractivity contribution in [2.45, 2.75) is 77.5 Å². The van der Waals surface area contributed by atoms with E-state index in [-0.39, 0.29) is 5.92 Å². The van der Waals surface area contributed by atoms with Gasteiger partial charge in [-0.05, 0) is 45.6 Å². The maximum atomic E-state index is 12.4. The Kier molecular flexibility index (Phi) is 12.0. The molecular weight excluding hydrogens is 366 g/mol. The molecule has 0 saturated heterocycles. The first-order valence-corrected chi connectivity index (χ1v) is 9.64. The number of carboxylic acid groups (broad SMARTS) is 1. The van der Waals surface area contributed by atoms with E-state index >= 15 is 0 Å². The van der Waals surface area contributed by atoms with Gasteiger partial charge in [-0.2, -0.15) is 0 Å². The molecule has 10 heteroatoms. The van der Waals surface area contributed by atoms with Crippen molar-refractivity contribution in [3.63, 3.8) is 0 Å². The highest BCUT2D eigenvalue weighted by Crippen LogP contribution is 2.06. The smallest absolute Gasteiger partial charge is 0.325 e. The highest BCUT2D eigenvalue weighted by atomic mass is 16.4. The minimum Gasteiger partial charge on any atom is -0.480 e. The van der Waals surface area contributed by atoms with E-state index < -0.39 is 47.9 Å². The molecule has 5 unspecified atom stereocenters. The summed E-state index contributed by atoms with van der Waals surface area (Å²) in [6, 6.07) is -3.65. The Bertz CT molecular complexity index is 542. The van der Waals surface area contributed by atoms with Crippen LogP contribution in [0.25, 0.3) is 0 Å². The molecule has 8 N–H and O–H groups in total. The van der Waals surface area contributed by atoms with Crippen molar-refractivity contribution in [2.24, 2.45) is 17.4 Å². The predicted molar refractivity (Wildman–Crippen MR) is 105 cm³/mol. The quantitative estimate of drug-likeness (QED) is 0.216. The molecule has 0 aliphatic carbocycles. The van der Waals surface area contributed by atoms with Gasteiger partial charge in [0, 0.05) is 0 Å². The van der Waals surface area contributed by atoms with E-state index in [0.717, 1.165) is 6.42 Å². The third-order valence-electron chi connectivity index (χ3n) is 4.62. The summed E-state index contributed by atoms with van der Waals surface area (Å²) in [5.41, 5.74) is 11.3. The molecule has 0 spiro atoms. The van der Waals surface area contributed by atoms with Crippen LogP contribution in [0, 0.1) is 5.92 Å². The molecule has 162 valence electrons. The fourth-order valence-corrected chi connectivity index (χ4v) is 2.32. The van der Waals surface area contributed by atoms with Crippen molar-refractivity contribution >= 4 is 23.7 Å². The summed E-state index contributed by atoms with van der Waals surface area (Å²) in [7, 11) is 0. The van der Waals surface area contributed by atoms with E-state index in [9.17, 15) is 19.2 Å². The second-order valence-electron chi connectivity index (χ2n) is 7.06. The lowest BCUT2D eigenvalue weighted by Crippen LogP contribution is -2.56. The molecule has 5 atom stereocenters. The second-order valence-corrected chi connectivity index (χ2v) is 7.06. The van der Waals surface area contributed by atoms with Crippen LogP contribution in [-0.4, -0.2) is 59.5 Å². The van der Waals surface area contributed by atoms with E-state index in [1.165, 1.54) is 13.8 Å². The molecule has 0 aromatic rings. The van der Waals surface area contributed by atoms with E-state index in [1.807, 2.05) is 13.8 Å². The standard InChI is InChI=1S/C18H35N5O5/c1-5-10(2)14(20)17(26)21-11(3)15(24)23-13(8-6-7-9-19)16(25)22-12(4)18(27)28/h10-14H,5-9,19-20H2,1-4H3,(H,21,26)(H,22,25)(H,23,24)(H,27,28). The SMILES string of the molecule is CCC(C)C(N)C(=O)NC(C)C(=O)NC(CCCCN)C(=O)NC(C)C(=O)O. The van der Waals surface area contributed by atoms with Gasteiger partial charge in [0.25, 0.3) is 0 Å². The third kappa shape index (κ3) is 9.14. The molecule has 0 heterocycles. The number of hydrogen-bond donors (Lipinski definition) is 6. The molecule has 0 bridgehead atoms. The van der Waals surface area contributed by atoms with E-state index in [0.29, 0.717) is 25.8 Å². The van der Waals surface area contributed by atoms with E-state index in [4.69, 9.17) is 16.6 Å². The number of aliphatic carboxylic acids is 1. The Morgan fingerprint density at radius 3 is 1.96 bits per heavy atom. The number of hydrogen-bond acceptors (Lipinski definition) is 6. The van der Waals surface area contributed by atoms with Crippen molar-refractivity contribution in [1.29, 1.82) is 0 Å². The summed E-state index contributed by atoms with van der Waals surface area (Å²) in [6.45, 7) is 7.02. The number of rotatable bonds is 13. The Morgan fingerprint density at radius 2 is 1.46 bits per heavy atom. The van der Waals surface area contributed by atoms with Crippen molar-refractivity contribution in [1.82, 2.24) is 16.0 Å². The van der Waals surface area contributed by atoms with Crippen molar-refractivity contribution in [3.8, 4) is 0 Å². The first-order chi connectivity index (χ1) is 13.0. The predicted octanol–water partition coefficient (Wildman–Crippen LogP) is -0.932. The summed E-state index contributed by atoms with van der Waals surface area (Å²) in [4.78, 5) is 47.8. The average Bonchev–Trinajstić information content (AvgIpc) is 2.65. The fourth-order valence-electron chi connectivity index (χ4n) is 2.32. The van der Waals surface area contributed by atoms with Gasteiger partial charge < -0.3 is 32.5 Å². The topological polar surface area (TPSA) is 177 Å². The molecular formula is C18H35N5O5. The van der Waals surface area contributed by atoms with Crippen molar-refractivity contribution in [3.05, 3.63) is 0 Å². The van der Waals surface area contributed by atoms with Gasteiger partial charge in [-0.1, -0.05) is 20.3 Å².